The summed E-state index contributed by atoms with van der Waals surface area (Å²) in [5.41, 5.74) is 12.8. The molecule has 5 aromatic carbocycles. The van der Waals surface area contributed by atoms with Gasteiger partial charge in [0.1, 0.15) is 0 Å². The van der Waals surface area contributed by atoms with Crippen molar-refractivity contribution in [2.75, 3.05) is 0 Å². The molecule has 1 heteroatoms. The van der Waals surface area contributed by atoms with Gasteiger partial charge < -0.3 is 0 Å². The molecule has 0 saturated heterocycles. The lowest BCUT2D eigenvalue weighted by atomic mass is 9.90. The molecule has 7 rings (SSSR count). The van der Waals surface area contributed by atoms with Crippen molar-refractivity contribution in [1.82, 2.24) is 0 Å². The molecular formula is C37H26O. The summed E-state index contributed by atoms with van der Waals surface area (Å²) < 4.78 is 0. The van der Waals surface area contributed by atoms with Crippen LogP contribution < -0.4 is 0 Å². The number of carbonyl (C=O) groups excluding carboxylic acids is 1. The van der Waals surface area contributed by atoms with Crippen LogP contribution in [0.2, 0.25) is 0 Å². The first-order valence-electron chi connectivity index (χ1n) is 13.2. The second-order valence-electron chi connectivity index (χ2n) is 9.95. The zero-order chi connectivity index (χ0) is 25.5. The Morgan fingerprint density at radius 1 is 0.421 bits per heavy atom. The highest BCUT2D eigenvalue weighted by molar-refractivity contribution is 6.22. The van der Waals surface area contributed by atoms with E-state index in [0.29, 0.717) is 0 Å². The quantitative estimate of drug-likeness (QED) is 0.242. The Kier molecular flexibility index (Phi) is 5.48. The third-order valence-electron chi connectivity index (χ3n) is 7.69. The van der Waals surface area contributed by atoms with Crippen molar-refractivity contribution in [2.24, 2.45) is 0 Å². The number of ketones is 1. The van der Waals surface area contributed by atoms with Gasteiger partial charge in [0.25, 0.3) is 0 Å². The molecule has 5 aromatic rings. The van der Waals surface area contributed by atoms with Crippen molar-refractivity contribution >= 4 is 11.4 Å². The van der Waals surface area contributed by atoms with Crippen LogP contribution >= 0.6 is 0 Å². The van der Waals surface area contributed by atoms with Crippen LogP contribution in [0.1, 0.15) is 34.3 Å². The third-order valence-corrected chi connectivity index (χ3v) is 7.69. The molecule has 38 heavy (non-hydrogen) atoms. The SMILES string of the molecule is O=C1c2cc(-c3ccccc3C3=CCCC=C3)ccc2-c2ccc(-c3ccccc3-c3ccccc3)cc21. The van der Waals surface area contributed by atoms with Crippen molar-refractivity contribution in [3.63, 3.8) is 0 Å². The molecule has 0 saturated carbocycles. The molecule has 0 aromatic heterocycles. The van der Waals surface area contributed by atoms with Crippen LogP contribution in [0.15, 0.2) is 133 Å². The maximum absolute atomic E-state index is 13.8. The van der Waals surface area contributed by atoms with Gasteiger partial charge >= 0.3 is 0 Å². The van der Waals surface area contributed by atoms with E-state index in [9.17, 15) is 4.79 Å². The van der Waals surface area contributed by atoms with Crippen molar-refractivity contribution < 1.29 is 4.79 Å². The van der Waals surface area contributed by atoms with E-state index in [1.165, 1.54) is 22.3 Å². The van der Waals surface area contributed by atoms with Gasteiger partial charge in [0, 0.05) is 11.1 Å². The van der Waals surface area contributed by atoms with E-state index in [0.717, 1.165) is 57.3 Å². The Balaban J connectivity index is 1.29. The van der Waals surface area contributed by atoms with Gasteiger partial charge in [-0.3, -0.25) is 4.79 Å². The van der Waals surface area contributed by atoms with E-state index in [1.807, 2.05) is 6.07 Å². The molecule has 2 aliphatic carbocycles. The largest absolute Gasteiger partial charge is 0.289 e. The number of rotatable bonds is 4. The van der Waals surface area contributed by atoms with Gasteiger partial charge in [-0.25, -0.2) is 0 Å². The van der Waals surface area contributed by atoms with Crippen molar-refractivity contribution in [3.8, 4) is 44.5 Å². The normalized spacial score (nSPS) is 13.7. The van der Waals surface area contributed by atoms with Crippen LogP contribution in [0.3, 0.4) is 0 Å². The lowest BCUT2D eigenvalue weighted by Crippen LogP contribution is -1.97. The molecule has 1 nitrogen and oxygen atoms in total. The monoisotopic (exact) mass is 486 g/mol. The average Bonchev–Trinajstić information content (AvgIpc) is 3.28. The minimum atomic E-state index is 0.102. The van der Waals surface area contributed by atoms with Crippen LogP contribution in [0, 0.1) is 0 Å². The van der Waals surface area contributed by atoms with E-state index in [1.54, 1.807) is 0 Å². The maximum atomic E-state index is 13.8. The fourth-order valence-electron chi connectivity index (χ4n) is 5.82. The van der Waals surface area contributed by atoms with Gasteiger partial charge in [0.15, 0.2) is 5.78 Å². The highest BCUT2D eigenvalue weighted by Gasteiger charge is 2.28. The summed E-state index contributed by atoms with van der Waals surface area (Å²) in [6.45, 7) is 0. The average molecular weight is 487 g/mol. The summed E-state index contributed by atoms with van der Waals surface area (Å²) in [5, 5.41) is 0. The fraction of sp³-hybridized carbons (Fsp3) is 0.0541. The summed E-state index contributed by atoms with van der Waals surface area (Å²) in [4.78, 5) is 13.8. The third kappa shape index (κ3) is 3.76. The predicted octanol–water partition coefficient (Wildman–Crippen LogP) is 9.63. The van der Waals surface area contributed by atoms with E-state index < -0.39 is 0 Å². The predicted molar refractivity (Wildman–Crippen MR) is 158 cm³/mol. The molecule has 0 heterocycles. The van der Waals surface area contributed by atoms with Crippen LogP contribution in [0.4, 0.5) is 0 Å². The molecule has 0 spiro atoms. The topological polar surface area (TPSA) is 17.1 Å². The second-order valence-corrected chi connectivity index (χ2v) is 9.95. The van der Waals surface area contributed by atoms with E-state index >= 15 is 0 Å². The zero-order valence-electron chi connectivity index (χ0n) is 21.0. The van der Waals surface area contributed by atoms with Crippen molar-refractivity contribution in [3.05, 3.63) is 150 Å². The standard InChI is InChI=1S/C37H26O/c38-37-35-23-27(31-17-9-7-15-29(31)25-11-3-1-4-12-25)19-21-33(35)34-22-20-28(24-36(34)37)32-18-10-8-16-30(32)26-13-5-2-6-14-26/h1,3-5,7-24H,2,6H2. The van der Waals surface area contributed by atoms with E-state index in [4.69, 9.17) is 0 Å². The summed E-state index contributed by atoms with van der Waals surface area (Å²) in [7, 11) is 0. The van der Waals surface area contributed by atoms with E-state index in [-0.39, 0.29) is 5.78 Å². The first-order valence-corrected chi connectivity index (χ1v) is 13.2. The molecule has 0 atom stereocenters. The molecular weight excluding hydrogens is 460 g/mol. The Morgan fingerprint density at radius 3 is 1.53 bits per heavy atom. The van der Waals surface area contributed by atoms with Gasteiger partial charge in [-0.2, -0.15) is 0 Å². The smallest absolute Gasteiger partial charge is 0.194 e. The van der Waals surface area contributed by atoms with Crippen LogP contribution in [-0.2, 0) is 0 Å². The number of hydrogen-bond acceptors (Lipinski definition) is 1. The number of hydrogen-bond donors (Lipinski definition) is 0. The number of carbonyl (C=O) groups is 1. The first kappa shape index (κ1) is 22.4. The van der Waals surface area contributed by atoms with Gasteiger partial charge in [-0.05, 0) is 80.6 Å². The fourth-order valence-corrected chi connectivity index (χ4v) is 5.82. The van der Waals surface area contributed by atoms with E-state index in [2.05, 4.69) is 127 Å². The molecule has 0 bridgehead atoms. The second kappa shape index (κ2) is 9.28. The molecule has 0 amide bonds. The molecule has 2 aliphatic rings. The highest BCUT2D eigenvalue weighted by Crippen LogP contribution is 2.42. The molecule has 0 fully saturated rings. The van der Waals surface area contributed by atoms with Gasteiger partial charge in [0.05, 0.1) is 0 Å². The number of benzene rings is 5. The molecule has 0 aliphatic heterocycles. The Bertz CT molecular complexity index is 1770. The minimum absolute atomic E-state index is 0.102. The molecule has 180 valence electrons. The molecule has 0 N–H and O–H groups in total. The first-order chi connectivity index (χ1) is 18.8. The minimum Gasteiger partial charge on any atom is -0.289 e. The lowest BCUT2D eigenvalue weighted by Gasteiger charge is -2.14. The van der Waals surface area contributed by atoms with Gasteiger partial charge in [-0.1, -0.05) is 121 Å². The molecule has 0 unspecified atom stereocenters. The van der Waals surface area contributed by atoms with Crippen molar-refractivity contribution in [1.29, 1.82) is 0 Å². The lowest BCUT2D eigenvalue weighted by molar-refractivity contribution is 0.104. The van der Waals surface area contributed by atoms with Gasteiger partial charge in [-0.15, -0.1) is 0 Å². The van der Waals surface area contributed by atoms with Crippen LogP contribution in [-0.4, -0.2) is 5.78 Å². The summed E-state index contributed by atoms with van der Waals surface area (Å²) in [5.74, 6) is 0.102. The number of fused-ring (bicyclic) bond motifs is 3. The Hall–Kier alpha value is -4.75. The molecule has 0 radical (unpaired) electrons. The Labute approximate surface area is 223 Å². The highest BCUT2D eigenvalue weighted by atomic mass is 16.1. The van der Waals surface area contributed by atoms with Gasteiger partial charge in [0.2, 0.25) is 0 Å². The maximum Gasteiger partial charge on any atom is 0.194 e. The Morgan fingerprint density at radius 2 is 0.947 bits per heavy atom. The summed E-state index contributed by atoms with van der Waals surface area (Å²) >= 11 is 0. The number of allylic oxidation sites excluding steroid dienone is 4. The van der Waals surface area contributed by atoms with Crippen LogP contribution in [0.25, 0.3) is 50.1 Å². The van der Waals surface area contributed by atoms with Crippen LogP contribution in [0.5, 0.6) is 0 Å². The zero-order valence-corrected chi connectivity index (χ0v) is 21.0. The van der Waals surface area contributed by atoms with Crippen molar-refractivity contribution in [2.45, 2.75) is 12.8 Å². The summed E-state index contributed by atoms with van der Waals surface area (Å²) in [6, 6.07) is 40.0. The summed E-state index contributed by atoms with van der Waals surface area (Å²) in [6.07, 6.45) is 8.92.